The largest absolute Gasteiger partial charge is 0.454 e. The van der Waals surface area contributed by atoms with Gasteiger partial charge in [-0.1, -0.05) is 29.3 Å². The molecule has 2 aromatic rings. The Hall–Kier alpha value is -1.98. The highest BCUT2D eigenvalue weighted by Gasteiger charge is 2.15. The highest BCUT2D eigenvalue weighted by Crippen LogP contribution is 2.32. The smallest absolute Gasteiger partial charge is 0.254 e. The Balaban J connectivity index is 1.68. The summed E-state index contributed by atoms with van der Waals surface area (Å²) in [5, 5.41) is 3.27. The first kappa shape index (κ1) is 14.0. The van der Waals surface area contributed by atoms with Gasteiger partial charge in [0.2, 0.25) is 6.79 Å². The van der Waals surface area contributed by atoms with Crippen LogP contribution in [-0.2, 0) is 6.54 Å². The maximum Gasteiger partial charge on any atom is 0.254 e. The molecule has 1 amide bonds. The molecule has 1 aliphatic rings. The molecule has 1 aromatic heterocycles. The van der Waals surface area contributed by atoms with Crippen LogP contribution in [0.5, 0.6) is 11.5 Å². The Morgan fingerprint density at radius 3 is 2.86 bits per heavy atom. The molecule has 0 fully saturated rings. The van der Waals surface area contributed by atoms with Gasteiger partial charge in [-0.15, -0.1) is 0 Å². The van der Waals surface area contributed by atoms with Gasteiger partial charge in [0.25, 0.3) is 5.91 Å². The number of halogens is 2. The quantitative estimate of drug-likeness (QED) is 0.881. The van der Waals surface area contributed by atoms with E-state index < -0.39 is 0 Å². The van der Waals surface area contributed by atoms with Crippen LogP contribution in [0.4, 0.5) is 0 Å². The third-order valence-electron chi connectivity index (χ3n) is 2.95. The summed E-state index contributed by atoms with van der Waals surface area (Å²) in [6, 6.07) is 6.92. The minimum absolute atomic E-state index is 0.219. The van der Waals surface area contributed by atoms with Crippen LogP contribution in [0.1, 0.15) is 15.9 Å². The van der Waals surface area contributed by atoms with Crippen LogP contribution in [0.2, 0.25) is 10.2 Å². The minimum atomic E-state index is -0.318. The number of nitrogens with one attached hydrogen (secondary N) is 1. The van der Waals surface area contributed by atoms with E-state index in [1.165, 1.54) is 12.3 Å². The van der Waals surface area contributed by atoms with Crippen LogP contribution in [0.15, 0.2) is 30.5 Å². The monoisotopic (exact) mass is 324 g/mol. The molecule has 1 N–H and O–H groups in total. The van der Waals surface area contributed by atoms with Gasteiger partial charge < -0.3 is 14.8 Å². The Kier molecular flexibility index (Phi) is 3.86. The number of carbonyl (C=O) groups is 1. The van der Waals surface area contributed by atoms with Gasteiger partial charge in [-0.25, -0.2) is 4.98 Å². The van der Waals surface area contributed by atoms with Crippen LogP contribution in [0.25, 0.3) is 0 Å². The molecule has 21 heavy (non-hydrogen) atoms. The lowest BCUT2D eigenvalue weighted by Crippen LogP contribution is -2.23. The van der Waals surface area contributed by atoms with Crippen molar-refractivity contribution >= 4 is 29.1 Å². The number of nitrogens with zero attached hydrogens (tertiary/aromatic N) is 1. The van der Waals surface area contributed by atoms with E-state index in [2.05, 4.69) is 10.3 Å². The standard InChI is InChI=1S/C14H10Cl2N2O3/c15-10-4-13(16)17-6-9(10)14(19)18-5-8-1-2-11-12(3-8)21-7-20-11/h1-4,6H,5,7H2,(H,18,19). The van der Waals surface area contributed by atoms with E-state index >= 15 is 0 Å². The molecule has 2 heterocycles. The Labute approximate surface area is 130 Å². The van der Waals surface area contributed by atoms with Crippen LogP contribution < -0.4 is 14.8 Å². The van der Waals surface area contributed by atoms with Crippen molar-refractivity contribution in [2.24, 2.45) is 0 Å². The van der Waals surface area contributed by atoms with Gasteiger partial charge in [0.15, 0.2) is 11.5 Å². The fraction of sp³-hybridized carbons (Fsp3) is 0.143. The van der Waals surface area contributed by atoms with Crippen molar-refractivity contribution < 1.29 is 14.3 Å². The van der Waals surface area contributed by atoms with Crippen LogP contribution >= 0.6 is 23.2 Å². The summed E-state index contributed by atoms with van der Waals surface area (Å²) in [6.07, 6.45) is 1.35. The van der Waals surface area contributed by atoms with Crippen LogP contribution in [-0.4, -0.2) is 17.7 Å². The number of carbonyl (C=O) groups excluding carboxylic acids is 1. The van der Waals surface area contributed by atoms with Crippen molar-refractivity contribution in [2.45, 2.75) is 6.54 Å². The predicted octanol–water partition coefficient (Wildman–Crippen LogP) is 3.05. The number of hydrogen-bond acceptors (Lipinski definition) is 4. The summed E-state index contributed by atoms with van der Waals surface area (Å²) in [5.41, 5.74) is 1.17. The maximum atomic E-state index is 12.0. The van der Waals surface area contributed by atoms with Crippen molar-refractivity contribution in [3.8, 4) is 11.5 Å². The number of benzene rings is 1. The number of rotatable bonds is 3. The van der Waals surface area contributed by atoms with Crippen LogP contribution in [0.3, 0.4) is 0 Å². The lowest BCUT2D eigenvalue weighted by atomic mass is 10.2. The molecule has 0 radical (unpaired) electrons. The summed E-state index contributed by atoms with van der Waals surface area (Å²) in [5.74, 6) is 1.06. The van der Waals surface area contributed by atoms with Crippen molar-refractivity contribution in [1.29, 1.82) is 0 Å². The van der Waals surface area contributed by atoms with Crippen molar-refractivity contribution in [1.82, 2.24) is 10.3 Å². The first-order chi connectivity index (χ1) is 10.1. The van der Waals surface area contributed by atoms with E-state index in [1.54, 1.807) is 6.07 Å². The third-order valence-corrected chi connectivity index (χ3v) is 3.47. The molecular weight excluding hydrogens is 315 g/mol. The maximum absolute atomic E-state index is 12.0. The normalized spacial score (nSPS) is 12.3. The molecule has 3 rings (SSSR count). The fourth-order valence-corrected chi connectivity index (χ4v) is 2.35. The molecule has 0 atom stereocenters. The molecule has 7 heteroatoms. The van der Waals surface area contributed by atoms with Gasteiger partial charge in [0.05, 0.1) is 10.6 Å². The second kappa shape index (κ2) is 5.79. The molecule has 0 aliphatic carbocycles. The Morgan fingerprint density at radius 1 is 1.24 bits per heavy atom. The van der Waals surface area contributed by atoms with Crippen molar-refractivity contribution in [3.05, 3.63) is 51.8 Å². The van der Waals surface area contributed by atoms with E-state index in [0.29, 0.717) is 18.0 Å². The molecule has 0 bridgehead atoms. The van der Waals surface area contributed by atoms with Crippen molar-refractivity contribution in [2.75, 3.05) is 6.79 Å². The second-order valence-corrected chi connectivity index (χ2v) is 5.15. The van der Waals surface area contributed by atoms with Gasteiger partial charge in [0.1, 0.15) is 5.15 Å². The zero-order valence-corrected chi connectivity index (χ0v) is 12.2. The molecule has 5 nitrogen and oxygen atoms in total. The average Bonchev–Trinajstić information content (AvgIpc) is 2.92. The molecule has 108 valence electrons. The highest BCUT2D eigenvalue weighted by molar-refractivity contribution is 6.36. The number of hydrogen-bond donors (Lipinski definition) is 1. The topological polar surface area (TPSA) is 60.5 Å². The average molecular weight is 325 g/mol. The van der Waals surface area contributed by atoms with E-state index in [9.17, 15) is 4.79 Å². The molecule has 0 saturated carbocycles. The fourth-order valence-electron chi connectivity index (χ4n) is 1.90. The summed E-state index contributed by atoms with van der Waals surface area (Å²) in [4.78, 5) is 15.9. The first-order valence-electron chi connectivity index (χ1n) is 6.11. The van der Waals surface area contributed by atoms with E-state index in [-0.39, 0.29) is 28.4 Å². The molecule has 0 saturated heterocycles. The number of pyridine rings is 1. The van der Waals surface area contributed by atoms with Gasteiger partial charge >= 0.3 is 0 Å². The highest BCUT2D eigenvalue weighted by atomic mass is 35.5. The van der Waals surface area contributed by atoms with Crippen molar-refractivity contribution in [3.63, 3.8) is 0 Å². The van der Waals surface area contributed by atoms with Gasteiger partial charge in [-0.2, -0.15) is 0 Å². The van der Waals surface area contributed by atoms with Crippen LogP contribution in [0, 0.1) is 0 Å². The molecule has 0 unspecified atom stereocenters. The minimum Gasteiger partial charge on any atom is -0.454 e. The Bertz CT molecular complexity index is 707. The lowest BCUT2D eigenvalue weighted by molar-refractivity contribution is 0.0950. The molecule has 1 aliphatic heterocycles. The molecule has 0 spiro atoms. The summed E-state index contributed by atoms with van der Waals surface area (Å²) in [6.45, 7) is 0.561. The van der Waals surface area contributed by atoms with E-state index in [4.69, 9.17) is 32.7 Å². The summed E-state index contributed by atoms with van der Waals surface area (Å²) in [7, 11) is 0. The first-order valence-corrected chi connectivity index (χ1v) is 6.87. The SMILES string of the molecule is O=C(NCc1ccc2c(c1)OCO2)c1cnc(Cl)cc1Cl. The summed E-state index contributed by atoms with van der Waals surface area (Å²) < 4.78 is 10.5. The summed E-state index contributed by atoms with van der Waals surface area (Å²) >= 11 is 11.7. The predicted molar refractivity (Wildman–Crippen MR) is 78.0 cm³/mol. The number of ether oxygens (including phenoxy) is 2. The Morgan fingerprint density at radius 2 is 2.05 bits per heavy atom. The zero-order valence-electron chi connectivity index (χ0n) is 10.7. The number of amides is 1. The lowest BCUT2D eigenvalue weighted by Gasteiger charge is -2.07. The zero-order chi connectivity index (χ0) is 14.8. The number of aromatic nitrogens is 1. The van der Waals surface area contributed by atoms with Gasteiger partial charge in [0, 0.05) is 12.7 Å². The van der Waals surface area contributed by atoms with Gasteiger partial charge in [-0.05, 0) is 23.8 Å². The second-order valence-electron chi connectivity index (χ2n) is 4.36. The molecule has 1 aromatic carbocycles. The molecular formula is C14H10Cl2N2O3. The van der Waals surface area contributed by atoms with E-state index in [0.717, 1.165) is 5.56 Å². The third kappa shape index (κ3) is 3.04. The number of fused-ring (bicyclic) bond motifs is 1. The van der Waals surface area contributed by atoms with E-state index in [1.807, 2.05) is 12.1 Å². The van der Waals surface area contributed by atoms with Gasteiger partial charge in [-0.3, -0.25) is 4.79 Å².